The lowest BCUT2D eigenvalue weighted by atomic mass is 9.94. The smallest absolute Gasteiger partial charge is 0.230 e. The van der Waals surface area contributed by atoms with Crippen molar-refractivity contribution in [1.82, 2.24) is 10.2 Å². The first kappa shape index (κ1) is 14.2. The molecule has 3 nitrogen and oxygen atoms in total. The molecule has 0 saturated carbocycles. The van der Waals surface area contributed by atoms with Crippen molar-refractivity contribution >= 4 is 5.91 Å². The SMILES string of the molecule is C=C1CC(C(C)C)C(=O)N1CCNCC(C)C. The highest BCUT2D eigenvalue weighted by molar-refractivity contribution is 5.84. The van der Waals surface area contributed by atoms with Crippen LogP contribution in [0.2, 0.25) is 0 Å². The van der Waals surface area contributed by atoms with E-state index in [0.29, 0.717) is 11.8 Å². The van der Waals surface area contributed by atoms with Gasteiger partial charge in [-0.25, -0.2) is 0 Å². The van der Waals surface area contributed by atoms with Crippen LogP contribution in [0.4, 0.5) is 0 Å². The van der Waals surface area contributed by atoms with Crippen molar-refractivity contribution in [3.8, 4) is 0 Å². The number of carbonyl (C=O) groups excluding carboxylic acids is 1. The molecule has 1 aliphatic heterocycles. The molecule has 1 aliphatic rings. The second-order valence-electron chi connectivity index (χ2n) is 5.71. The second kappa shape index (κ2) is 6.20. The van der Waals surface area contributed by atoms with Crippen LogP contribution in [0.5, 0.6) is 0 Å². The number of nitrogens with one attached hydrogen (secondary N) is 1. The van der Waals surface area contributed by atoms with Gasteiger partial charge in [-0.15, -0.1) is 0 Å². The van der Waals surface area contributed by atoms with Crippen molar-refractivity contribution < 1.29 is 4.79 Å². The number of rotatable bonds is 6. The third-order valence-electron chi connectivity index (χ3n) is 3.29. The Hall–Kier alpha value is -0.830. The van der Waals surface area contributed by atoms with Crippen LogP contribution in [0.15, 0.2) is 12.3 Å². The van der Waals surface area contributed by atoms with Crippen molar-refractivity contribution in [2.24, 2.45) is 17.8 Å². The van der Waals surface area contributed by atoms with Crippen molar-refractivity contribution in [3.05, 3.63) is 12.3 Å². The number of amides is 1. The van der Waals surface area contributed by atoms with Gasteiger partial charge in [0, 0.05) is 24.7 Å². The lowest BCUT2D eigenvalue weighted by Gasteiger charge is -2.19. The summed E-state index contributed by atoms with van der Waals surface area (Å²) in [6.45, 7) is 15.2. The second-order valence-corrected chi connectivity index (χ2v) is 5.71. The third kappa shape index (κ3) is 3.84. The molecule has 0 aromatic heterocycles. The van der Waals surface area contributed by atoms with Crippen LogP contribution >= 0.6 is 0 Å². The van der Waals surface area contributed by atoms with E-state index in [1.807, 2.05) is 4.90 Å². The summed E-state index contributed by atoms with van der Waals surface area (Å²) in [5, 5.41) is 3.36. The van der Waals surface area contributed by atoms with Crippen LogP contribution in [0.25, 0.3) is 0 Å². The van der Waals surface area contributed by atoms with Gasteiger partial charge >= 0.3 is 0 Å². The number of nitrogens with zero attached hydrogens (tertiary/aromatic N) is 1. The zero-order chi connectivity index (χ0) is 13.0. The highest BCUT2D eigenvalue weighted by Crippen LogP contribution is 2.31. The molecule has 0 aromatic carbocycles. The first-order valence-corrected chi connectivity index (χ1v) is 6.63. The molecule has 1 unspecified atom stereocenters. The Labute approximate surface area is 105 Å². The van der Waals surface area contributed by atoms with Crippen LogP contribution in [0, 0.1) is 17.8 Å². The number of likely N-dealkylation sites (tertiary alicyclic amines) is 1. The fourth-order valence-electron chi connectivity index (χ4n) is 2.18. The highest BCUT2D eigenvalue weighted by atomic mass is 16.2. The molecular formula is C14H26N2O. The first-order valence-electron chi connectivity index (χ1n) is 6.63. The molecule has 1 rings (SSSR count). The van der Waals surface area contributed by atoms with Crippen LogP contribution in [0.1, 0.15) is 34.1 Å². The Morgan fingerprint density at radius 3 is 2.53 bits per heavy atom. The molecule has 1 heterocycles. The van der Waals surface area contributed by atoms with E-state index in [2.05, 4.69) is 39.6 Å². The minimum absolute atomic E-state index is 0.146. The molecule has 3 heteroatoms. The topological polar surface area (TPSA) is 32.3 Å². The van der Waals surface area contributed by atoms with Gasteiger partial charge in [0.2, 0.25) is 5.91 Å². The number of hydrogen-bond donors (Lipinski definition) is 1. The molecule has 1 amide bonds. The Balaban J connectivity index is 2.38. The molecule has 1 fully saturated rings. The van der Waals surface area contributed by atoms with Gasteiger partial charge in [0.25, 0.3) is 0 Å². The zero-order valence-electron chi connectivity index (χ0n) is 11.6. The van der Waals surface area contributed by atoms with Gasteiger partial charge in [-0.3, -0.25) is 4.79 Å². The van der Waals surface area contributed by atoms with E-state index in [1.165, 1.54) is 0 Å². The van der Waals surface area contributed by atoms with Gasteiger partial charge in [0.15, 0.2) is 0 Å². The summed E-state index contributed by atoms with van der Waals surface area (Å²) < 4.78 is 0. The monoisotopic (exact) mass is 238 g/mol. The summed E-state index contributed by atoms with van der Waals surface area (Å²) in [4.78, 5) is 14.0. The molecular weight excluding hydrogens is 212 g/mol. The van der Waals surface area contributed by atoms with Crippen molar-refractivity contribution in [2.45, 2.75) is 34.1 Å². The Morgan fingerprint density at radius 1 is 1.41 bits per heavy atom. The van der Waals surface area contributed by atoms with Gasteiger partial charge in [0.1, 0.15) is 0 Å². The van der Waals surface area contributed by atoms with E-state index in [1.54, 1.807) is 0 Å². The summed E-state index contributed by atoms with van der Waals surface area (Å²) in [6.07, 6.45) is 0.834. The van der Waals surface area contributed by atoms with E-state index >= 15 is 0 Å². The third-order valence-corrected chi connectivity index (χ3v) is 3.29. The Bertz CT molecular complexity index is 284. The molecule has 0 radical (unpaired) electrons. The molecule has 17 heavy (non-hydrogen) atoms. The minimum Gasteiger partial charge on any atom is -0.315 e. The van der Waals surface area contributed by atoms with Gasteiger partial charge < -0.3 is 10.2 Å². The zero-order valence-corrected chi connectivity index (χ0v) is 11.6. The first-order chi connectivity index (χ1) is 7.93. The van der Waals surface area contributed by atoms with Crippen LogP contribution in [-0.4, -0.2) is 30.4 Å². The van der Waals surface area contributed by atoms with E-state index < -0.39 is 0 Å². The molecule has 0 aromatic rings. The number of allylic oxidation sites excluding steroid dienone is 1. The molecule has 1 saturated heterocycles. The van der Waals surface area contributed by atoms with Crippen LogP contribution < -0.4 is 5.32 Å². The van der Waals surface area contributed by atoms with E-state index in [0.717, 1.165) is 31.8 Å². The molecule has 0 bridgehead atoms. The predicted molar refractivity (Wildman–Crippen MR) is 71.5 cm³/mol. The maximum Gasteiger partial charge on any atom is 0.230 e. The van der Waals surface area contributed by atoms with Gasteiger partial charge in [0.05, 0.1) is 0 Å². The Kier molecular flexibility index (Phi) is 5.19. The predicted octanol–water partition coefficient (Wildman–Crippen LogP) is 2.25. The van der Waals surface area contributed by atoms with E-state index in [4.69, 9.17) is 0 Å². The fourth-order valence-corrected chi connectivity index (χ4v) is 2.18. The van der Waals surface area contributed by atoms with Crippen LogP contribution in [0.3, 0.4) is 0 Å². The van der Waals surface area contributed by atoms with E-state index in [9.17, 15) is 4.79 Å². The molecule has 98 valence electrons. The van der Waals surface area contributed by atoms with Gasteiger partial charge in [-0.05, 0) is 24.8 Å². The lowest BCUT2D eigenvalue weighted by Crippen LogP contribution is -2.35. The molecule has 0 aliphatic carbocycles. The fraction of sp³-hybridized carbons (Fsp3) is 0.786. The minimum atomic E-state index is 0.146. The quantitative estimate of drug-likeness (QED) is 0.720. The normalized spacial score (nSPS) is 21.1. The maximum absolute atomic E-state index is 12.1. The summed E-state index contributed by atoms with van der Waals surface area (Å²) >= 11 is 0. The van der Waals surface area contributed by atoms with Gasteiger partial charge in [-0.2, -0.15) is 0 Å². The molecule has 0 spiro atoms. The standard InChI is InChI=1S/C14H26N2O/c1-10(2)9-15-6-7-16-12(5)8-13(11(3)4)14(16)17/h10-11,13,15H,5-9H2,1-4H3. The summed E-state index contributed by atoms with van der Waals surface area (Å²) in [5.74, 6) is 1.47. The van der Waals surface area contributed by atoms with Crippen molar-refractivity contribution in [1.29, 1.82) is 0 Å². The maximum atomic E-state index is 12.1. The average Bonchev–Trinajstić information content (AvgIpc) is 2.50. The van der Waals surface area contributed by atoms with Crippen molar-refractivity contribution in [3.63, 3.8) is 0 Å². The summed E-state index contributed by atoms with van der Waals surface area (Å²) in [6, 6.07) is 0. The lowest BCUT2D eigenvalue weighted by molar-refractivity contribution is -0.131. The largest absolute Gasteiger partial charge is 0.315 e. The molecule has 1 atom stereocenters. The van der Waals surface area contributed by atoms with E-state index in [-0.39, 0.29) is 11.8 Å². The molecule has 1 N–H and O–H groups in total. The number of carbonyl (C=O) groups is 1. The number of hydrogen-bond acceptors (Lipinski definition) is 2. The highest BCUT2D eigenvalue weighted by Gasteiger charge is 2.35. The Morgan fingerprint density at radius 2 is 2.06 bits per heavy atom. The van der Waals surface area contributed by atoms with Crippen LogP contribution in [-0.2, 0) is 4.79 Å². The summed E-state index contributed by atoms with van der Waals surface area (Å²) in [5.41, 5.74) is 0.986. The van der Waals surface area contributed by atoms with Crippen molar-refractivity contribution in [2.75, 3.05) is 19.6 Å². The average molecular weight is 238 g/mol. The summed E-state index contributed by atoms with van der Waals surface area (Å²) in [7, 11) is 0. The van der Waals surface area contributed by atoms with Gasteiger partial charge in [-0.1, -0.05) is 34.3 Å².